The van der Waals surface area contributed by atoms with Gasteiger partial charge in [0.1, 0.15) is 17.7 Å². The third-order valence-electron chi connectivity index (χ3n) is 8.55. The number of nitrogens with zero attached hydrogens (tertiary/aromatic N) is 3. The van der Waals surface area contributed by atoms with Crippen molar-refractivity contribution >= 4 is 5.97 Å². The minimum absolute atomic E-state index is 0.107. The van der Waals surface area contributed by atoms with E-state index < -0.39 is 17.4 Å². The first-order chi connectivity index (χ1) is 18.7. The third kappa shape index (κ3) is 6.59. The minimum atomic E-state index is -0.784. The van der Waals surface area contributed by atoms with Crippen molar-refractivity contribution in [2.75, 3.05) is 32.7 Å². The number of imidazole rings is 1. The number of carboxylic acid groups (broad SMARTS) is 1. The van der Waals surface area contributed by atoms with Gasteiger partial charge in [-0.2, -0.15) is 0 Å². The molecule has 0 saturated carbocycles. The molecule has 0 amide bonds. The van der Waals surface area contributed by atoms with Crippen molar-refractivity contribution in [1.29, 1.82) is 0 Å². The molecule has 2 aromatic carbocycles. The molecule has 7 heteroatoms. The summed E-state index contributed by atoms with van der Waals surface area (Å²) in [6.07, 6.45) is 4.94. The monoisotopic (exact) mass is 532 g/mol. The maximum atomic E-state index is 14.2. The van der Waals surface area contributed by atoms with E-state index in [4.69, 9.17) is 0 Å². The van der Waals surface area contributed by atoms with E-state index in [-0.39, 0.29) is 17.7 Å². The molecule has 6 nitrogen and oxygen atoms in total. The number of carboxylic acids is 1. The first-order valence-corrected chi connectivity index (χ1v) is 14.2. The number of hydrogen-bond acceptors (Lipinski definition) is 4. The van der Waals surface area contributed by atoms with Crippen LogP contribution in [-0.4, -0.2) is 69.6 Å². The lowest BCUT2D eigenvalue weighted by Gasteiger charge is -2.35. The highest BCUT2D eigenvalue weighted by Crippen LogP contribution is 2.39. The fourth-order valence-corrected chi connectivity index (χ4v) is 6.71. The SMILES string of the molecule is CC(C)(C)[C@H](C(=O)O)N1C[C@H](CN2CCC(c3cnc(Cc4ccccc4)[nH]3)CC2)[C@@H](c2cccc(F)c2)C1. The van der Waals surface area contributed by atoms with E-state index in [0.717, 1.165) is 50.3 Å². The van der Waals surface area contributed by atoms with E-state index in [1.807, 2.05) is 39.1 Å². The quantitative estimate of drug-likeness (QED) is 0.399. The molecule has 39 heavy (non-hydrogen) atoms. The van der Waals surface area contributed by atoms with Crippen LogP contribution in [0.5, 0.6) is 0 Å². The molecular weight excluding hydrogens is 491 g/mol. The van der Waals surface area contributed by atoms with Gasteiger partial charge in [-0.3, -0.25) is 9.69 Å². The number of benzene rings is 2. The highest BCUT2D eigenvalue weighted by atomic mass is 19.1. The number of aliphatic carboxylic acids is 1. The number of H-pyrrole nitrogens is 1. The van der Waals surface area contributed by atoms with Crippen LogP contribution in [0.3, 0.4) is 0 Å². The lowest BCUT2D eigenvalue weighted by atomic mass is 9.85. The normalized spacial score (nSPS) is 22.3. The Bertz CT molecular complexity index is 1250. The van der Waals surface area contributed by atoms with Gasteiger partial charge in [0, 0.05) is 49.8 Å². The molecule has 0 unspecified atom stereocenters. The molecule has 1 aromatic heterocycles. The van der Waals surface area contributed by atoms with Crippen LogP contribution in [-0.2, 0) is 11.2 Å². The van der Waals surface area contributed by atoms with Crippen LogP contribution in [0, 0.1) is 17.2 Å². The van der Waals surface area contributed by atoms with E-state index in [1.165, 1.54) is 17.3 Å². The standard InChI is InChI=1S/C32H41FN4O2/c1-32(2,3)30(31(38)39)37-20-25(27(21-37)24-10-7-11-26(33)17-24)19-36-14-12-23(13-15-36)28-18-34-29(35-28)16-22-8-5-4-6-9-22/h4-11,17-18,23,25,27,30H,12-16,19-21H2,1-3H3,(H,34,35)(H,38,39)/t25-,27+,30-/m0/s1. The van der Waals surface area contributed by atoms with Gasteiger partial charge in [-0.25, -0.2) is 9.37 Å². The topological polar surface area (TPSA) is 72.5 Å². The lowest BCUT2D eigenvalue weighted by Crippen LogP contribution is -2.48. The number of nitrogens with one attached hydrogen (secondary N) is 1. The number of carbonyl (C=O) groups is 1. The Kier molecular flexibility index (Phi) is 8.19. The fraction of sp³-hybridized carbons (Fsp3) is 0.500. The molecule has 2 fully saturated rings. The van der Waals surface area contributed by atoms with Gasteiger partial charge in [0.25, 0.3) is 0 Å². The molecule has 3 aromatic rings. The molecule has 208 valence electrons. The van der Waals surface area contributed by atoms with Gasteiger partial charge >= 0.3 is 5.97 Å². The number of halogens is 1. The van der Waals surface area contributed by atoms with Crippen molar-refractivity contribution in [3.63, 3.8) is 0 Å². The van der Waals surface area contributed by atoms with Crippen LogP contribution >= 0.6 is 0 Å². The Morgan fingerprint density at radius 2 is 1.85 bits per heavy atom. The van der Waals surface area contributed by atoms with Crippen LogP contribution < -0.4 is 0 Å². The zero-order valence-corrected chi connectivity index (χ0v) is 23.3. The predicted molar refractivity (Wildman–Crippen MR) is 151 cm³/mol. The van der Waals surface area contributed by atoms with Crippen LogP contribution in [0.25, 0.3) is 0 Å². The summed E-state index contributed by atoms with van der Waals surface area (Å²) in [7, 11) is 0. The van der Waals surface area contributed by atoms with Crippen molar-refractivity contribution in [3.8, 4) is 0 Å². The van der Waals surface area contributed by atoms with Gasteiger partial charge in [-0.1, -0.05) is 63.2 Å². The summed E-state index contributed by atoms with van der Waals surface area (Å²) >= 11 is 0. The molecule has 0 radical (unpaired) electrons. The van der Waals surface area contributed by atoms with E-state index >= 15 is 0 Å². The second-order valence-corrected chi connectivity index (χ2v) is 12.5. The van der Waals surface area contributed by atoms with Crippen LogP contribution in [0.1, 0.15) is 68.1 Å². The number of aromatic nitrogens is 2. The molecular formula is C32H41FN4O2. The lowest BCUT2D eigenvalue weighted by molar-refractivity contribution is -0.147. The van der Waals surface area contributed by atoms with Crippen LogP contribution in [0.15, 0.2) is 60.8 Å². The molecule has 0 bridgehead atoms. The largest absolute Gasteiger partial charge is 0.480 e. The molecule has 2 aliphatic rings. The van der Waals surface area contributed by atoms with Crippen LogP contribution in [0.4, 0.5) is 4.39 Å². The molecule has 5 rings (SSSR count). The molecule has 0 spiro atoms. The maximum Gasteiger partial charge on any atom is 0.321 e. The van der Waals surface area contributed by atoms with Gasteiger partial charge in [-0.15, -0.1) is 0 Å². The Morgan fingerprint density at radius 1 is 1.10 bits per heavy atom. The summed E-state index contributed by atoms with van der Waals surface area (Å²) in [6.45, 7) is 10.2. The minimum Gasteiger partial charge on any atom is -0.480 e. The zero-order valence-electron chi connectivity index (χ0n) is 23.3. The molecule has 2 aliphatic heterocycles. The first kappa shape index (κ1) is 27.5. The van der Waals surface area contributed by atoms with Crippen molar-refractivity contribution in [2.45, 2.75) is 57.9 Å². The van der Waals surface area contributed by atoms with E-state index in [1.54, 1.807) is 12.1 Å². The Morgan fingerprint density at radius 3 is 2.51 bits per heavy atom. The van der Waals surface area contributed by atoms with Crippen molar-refractivity contribution in [1.82, 2.24) is 19.8 Å². The summed E-state index contributed by atoms with van der Waals surface area (Å²) < 4.78 is 14.2. The highest BCUT2D eigenvalue weighted by molar-refractivity contribution is 5.74. The Hall–Kier alpha value is -3.03. The molecule has 3 atom stereocenters. The molecule has 0 aliphatic carbocycles. The van der Waals surface area contributed by atoms with E-state index in [0.29, 0.717) is 19.0 Å². The molecule has 3 heterocycles. The maximum absolute atomic E-state index is 14.2. The number of likely N-dealkylation sites (tertiary alicyclic amines) is 2. The summed E-state index contributed by atoms with van der Waals surface area (Å²) in [5, 5.41) is 10.1. The second-order valence-electron chi connectivity index (χ2n) is 12.5. The van der Waals surface area contributed by atoms with Gasteiger partial charge in [-0.05, 0) is 60.5 Å². The smallest absolute Gasteiger partial charge is 0.321 e. The Labute approximate surface area is 231 Å². The van der Waals surface area contributed by atoms with Gasteiger partial charge in [0.05, 0.1) is 0 Å². The van der Waals surface area contributed by atoms with E-state index in [9.17, 15) is 14.3 Å². The van der Waals surface area contributed by atoms with Crippen molar-refractivity contribution < 1.29 is 14.3 Å². The number of aromatic amines is 1. The summed E-state index contributed by atoms with van der Waals surface area (Å²) in [6, 6.07) is 16.7. The molecule has 2 N–H and O–H groups in total. The fourth-order valence-electron chi connectivity index (χ4n) is 6.71. The molecule has 2 saturated heterocycles. The predicted octanol–water partition coefficient (Wildman–Crippen LogP) is 5.53. The average Bonchev–Trinajstić information content (AvgIpc) is 3.51. The number of rotatable bonds is 8. The summed E-state index contributed by atoms with van der Waals surface area (Å²) in [4.78, 5) is 25.1. The van der Waals surface area contributed by atoms with Crippen LogP contribution in [0.2, 0.25) is 0 Å². The second kappa shape index (κ2) is 11.6. The average molecular weight is 533 g/mol. The zero-order chi connectivity index (χ0) is 27.6. The highest BCUT2D eigenvalue weighted by Gasteiger charge is 2.44. The number of piperidine rings is 1. The summed E-state index contributed by atoms with van der Waals surface area (Å²) in [5.41, 5.74) is 3.05. The van der Waals surface area contributed by atoms with Gasteiger partial charge in [0.2, 0.25) is 0 Å². The number of hydrogen-bond donors (Lipinski definition) is 2. The van der Waals surface area contributed by atoms with Gasteiger partial charge < -0.3 is 15.0 Å². The Balaban J connectivity index is 1.24. The third-order valence-corrected chi connectivity index (χ3v) is 8.55. The van der Waals surface area contributed by atoms with E-state index in [2.05, 4.69) is 44.0 Å². The first-order valence-electron chi connectivity index (χ1n) is 14.2. The van der Waals surface area contributed by atoms with Gasteiger partial charge in [0.15, 0.2) is 0 Å². The van der Waals surface area contributed by atoms with Crippen molar-refractivity contribution in [2.24, 2.45) is 11.3 Å². The van der Waals surface area contributed by atoms with Crippen molar-refractivity contribution in [3.05, 3.63) is 89.3 Å². The summed E-state index contributed by atoms with van der Waals surface area (Å²) in [5.74, 6) is 0.813.